The van der Waals surface area contributed by atoms with Crippen LogP contribution in [0.5, 0.6) is 0 Å². The Morgan fingerprint density at radius 1 is 0.400 bits per heavy atom. The van der Waals surface area contributed by atoms with E-state index in [1.165, 1.54) is 24.3 Å². The summed E-state index contributed by atoms with van der Waals surface area (Å²) in [7, 11) is -8.98. The van der Waals surface area contributed by atoms with E-state index in [-0.39, 0.29) is 32.3 Å². The van der Waals surface area contributed by atoms with Gasteiger partial charge in [0.15, 0.2) is 0 Å². The summed E-state index contributed by atoms with van der Waals surface area (Å²) in [5.41, 5.74) is 5.69. The molecule has 0 aliphatic rings. The Morgan fingerprint density at radius 2 is 0.660 bits per heavy atom. The van der Waals surface area contributed by atoms with E-state index in [1.807, 2.05) is 27.7 Å². The second-order valence-corrected chi connectivity index (χ2v) is 16.3. The first kappa shape index (κ1) is 36.2. The van der Waals surface area contributed by atoms with Crippen LogP contribution in [0.2, 0.25) is 0 Å². The molecule has 50 heavy (non-hydrogen) atoms. The van der Waals surface area contributed by atoms with Crippen molar-refractivity contribution in [1.82, 2.24) is 0 Å². The van der Waals surface area contributed by atoms with Crippen LogP contribution in [0, 0.1) is 55.4 Å². The molecule has 0 heterocycles. The van der Waals surface area contributed by atoms with Gasteiger partial charge in [-0.3, -0.25) is 9.59 Å². The SMILES string of the molecule is Cc1ccc(C(=O)N(c2ccc(N(C(=O)c3ccc(C)cc3)S(=O)(=O)c3c(C)cc(C)cc3C)cc2)S(=O)(=O)c2c(C)cc(C)cc2C)cc1. The molecule has 5 aromatic rings. The first-order valence-corrected chi connectivity index (χ1v) is 18.9. The van der Waals surface area contributed by atoms with E-state index < -0.39 is 31.9 Å². The first-order valence-electron chi connectivity index (χ1n) is 16.0. The zero-order valence-electron chi connectivity index (χ0n) is 29.4. The molecule has 5 rings (SSSR count). The lowest BCUT2D eigenvalue weighted by atomic mass is 10.1. The molecule has 0 unspecified atom stereocenters. The van der Waals surface area contributed by atoms with Crippen molar-refractivity contribution in [3.63, 3.8) is 0 Å². The number of hydrogen-bond acceptors (Lipinski definition) is 6. The summed E-state index contributed by atoms with van der Waals surface area (Å²) in [4.78, 5) is 28.3. The van der Waals surface area contributed by atoms with Crippen LogP contribution >= 0.6 is 0 Å². The zero-order valence-corrected chi connectivity index (χ0v) is 31.0. The highest BCUT2D eigenvalue weighted by Gasteiger charge is 2.37. The molecular weight excluding hydrogens is 669 g/mol. The van der Waals surface area contributed by atoms with Gasteiger partial charge >= 0.3 is 0 Å². The maximum atomic E-state index is 14.5. The van der Waals surface area contributed by atoms with E-state index >= 15 is 0 Å². The minimum absolute atomic E-state index is 0.00304. The summed E-state index contributed by atoms with van der Waals surface area (Å²) in [6, 6.07) is 25.5. The van der Waals surface area contributed by atoms with Crippen LogP contribution in [0.1, 0.15) is 65.2 Å². The van der Waals surface area contributed by atoms with Crippen molar-refractivity contribution in [2.24, 2.45) is 0 Å². The van der Waals surface area contributed by atoms with Gasteiger partial charge in [-0.1, -0.05) is 70.8 Å². The van der Waals surface area contributed by atoms with Crippen LogP contribution in [0.25, 0.3) is 0 Å². The Balaban J connectivity index is 1.71. The Bertz CT molecular complexity index is 2130. The van der Waals surface area contributed by atoms with Crippen molar-refractivity contribution in [3.05, 3.63) is 153 Å². The third-order valence-electron chi connectivity index (χ3n) is 8.49. The van der Waals surface area contributed by atoms with Gasteiger partial charge in [0.25, 0.3) is 31.9 Å². The van der Waals surface area contributed by atoms with Gasteiger partial charge in [-0.15, -0.1) is 0 Å². The van der Waals surface area contributed by atoms with Gasteiger partial charge in [0.2, 0.25) is 0 Å². The van der Waals surface area contributed by atoms with E-state index in [0.29, 0.717) is 22.3 Å². The second kappa shape index (κ2) is 13.7. The lowest BCUT2D eigenvalue weighted by Gasteiger charge is -2.27. The van der Waals surface area contributed by atoms with Crippen molar-refractivity contribution < 1.29 is 26.4 Å². The molecule has 0 N–H and O–H groups in total. The standard InChI is InChI=1S/C40H40N2O6S2/c1-25-9-13-33(14-10-25)39(43)41(49(45,46)37-29(5)21-27(3)22-30(37)6)35-17-19-36(20-18-35)42(40(44)34-15-11-26(2)12-16-34)50(47,48)38-31(7)23-28(4)24-32(38)8/h9-24H,1-8H3. The second-order valence-electron chi connectivity index (χ2n) is 12.9. The van der Waals surface area contributed by atoms with Crippen LogP contribution in [-0.2, 0) is 20.0 Å². The van der Waals surface area contributed by atoms with Crippen LogP contribution in [0.3, 0.4) is 0 Å². The number of carbonyl (C=O) groups excluding carboxylic acids is 2. The first-order chi connectivity index (χ1) is 23.4. The van der Waals surface area contributed by atoms with Crippen LogP contribution in [-0.4, -0.2) is 28.6 Å². The molecule has 0 aliphatic carbocycles. The maximum absolute atomic E-state index is 14.5. The Hall–Kier alpha value is -5.06. The molecule has 0 aliphatic heterocycles. The summed E-state index contributed by atoms with van der Waals surface area (Å²) in [6.45, 7) is 14.2. The fourth-order valence-corrected chi connectivity index (χ4v) is 10.1. The normalized spacial score (nSPS) is 11.7. The molecule has 2 amide bonds. The molecular formula is C40H40N2O6S2. The molecule has 0 bridgehead atoms. The summed E-state index contributed by atoms with van der Waals surface area (Å²) in [5, 5.41) is 0. The van der Waals surface area contributed by atoms with Gasteiger partial charge in [-0.05, 0) is 126 Å². The molecule has 0 saturated heterocycles. The topological polar surface area (TPSA) is 109 Å². The Kier molecular flexibility index (Phi) is 9.92. The molecule has 5 aromatic carbocycles. The zero-order chi connectivity index (χ0) is 36.7. The predicted molar refractivity (Wildman–Crippen MR) is 198 cm³/mol. The number of aryl methyl sites for hydroxylation is 8. The average Bonchev–Trinajstić information content (AvgIpc) is 3.01. The van der Waals surface area contributed by atoms with Gasteiger partial charge in [0.05, 0.1) is 21.2 Å². The van der Waals surface area contributed by atoms with E-state index in [0.717, 1.165) is 30.9 Å². The Morgan fingerprint density at radius 3 is 0.920 bits per heavy atom. The third-order valence-corrected chi connectivity index (χ3v) is 12.5. The highest BCUT2D eigenvalue weighted by molar-refractivity contribution is 7.94. The minimum Gasteiger partial charge on any atom is -0.268 e. The number of nitrogens with zero attached hydrogens (tertiary/aromatic N) is 2. The maximum Gasteiger partial charge on any atom is 0.272 e. The monoisotopic (exact) mass is 708 g/mol. The van der Waals surface area contributed by atoms with Gasteiger partial charge < -0.3 is 0 Å². The third kappa shape index (κ3) is 6.86. The van der Waals surface area contributed by atoms with Gasteiger partial charge in [-0.2, -0.15) is 8.61 Å². The highest BCUT2D eigenvalue weighted by Crippen LogP contribution is 2.35. The lowest BCUT2D eigenvalue weighted by Crippen LogP contribution is -2.39. The van der Waals surface area contributed by atoms with E-state index in [4.69, 9.17) is 0 Å². The molecule has 10 heteroatoms. The fourth-order valence-electron chi connectivity index (χ4n) is 6.41. The number of amides is 2. The minimum atomic E-state index is -4.49. The van der Waals surface area contributed by atoms with E-state index in [1.54, 1.807) is 100 Å². The van der Waals surface area contributed by atoms with E-state index in [2.05, 4.69) is 0 Å². The summed E-state index contributed by atoms with van der Waals surface area (Å²) < 4.78 is 59.5. The fraction of sp³-hybridized carbons (Fsp3) is 0.200. The number of rotatable bonds is 8. The summed E-state index contributed by atoms with van der Waals surface area (Å²) in [5.74, 6) is -1.58. The van der Waals surface area contributed by atoms with Gasteiger partial charge in [0, 0.05) is 11.1 Å². The number of benzene rings is 5. The number of carbonyl (C=O) groups is 2. The highest BCUT2D eigenvalue weighted by atomic mass is 32.2. The number of sulfonamides is 2. The Labute approximate surface area is 295 Å². The van der Waals surface area contributed by atoms with Crippen molar-refractivity contribution in [2.75, 3.05) is 8.61 Å². The molecule has 0 aromatic heterocycles. The number of anilines is 2. The van der Waals surface area contributed by atoms with Crippen LogP contribution in [0.15, 0.2) is 107 Å². The number of hydrogen-bond donors (Lipinski definition) is 0. The van der Waals surface area contributed by atoms with Crippen LogP contribution in [0.4, 0.5) is 11.4 Å². The van der Waals surface area contributed by atoms with Gasteiger partial charge in [0.1, 0.15) is 0 Å². The molecule has 258 valence electrons. The largest absolute Gasteiger partial charge is 0.272 e. The van der Waals surface area contributed by atoms with Crippen LogP contribution < -0.4 is 8.61 Å². The van der Waals surface area contributed by atoms with E-state index in [9.17, 15) is 26.4 Å². The lowest BCUT2D eigenvalue weighted by molar-refractivity contribution is 0.0996. The predicted octanol–water partition coefficient (Wildman–Crippen LogP) is 8.23. The van der Waals surface area contributed by atoms with Crippen molar-refractivity contribution in [2.45, 2.75) is 65.2 Å². The summed E-state index contributed by atoms with van der Waals surface area (Å²) in [6.07, 6.45) is 0. The van der Waals surface area contributed by atoms with Crippen molar-refractivity contribution in [3.8, 4) is 0 Å². The molecule has 8 nitrogen and oxygen atoms in total. The molecule has 0 radical (unpaired) electrons. The molecule has 0 fully saturated rings. The van der Waals surface area contributed by atoms with Gasteiger partial charge in [-0.25, -0.2) is 16.8 Å². The quantitative estimate of drug-likeness (QED) is 0.161. The average molecular weight is 709 g/mol. The molecule has 0 saturated carbocycles. The molecule has 0 spiro atoms. The van der Waals surface area contributed by atoms with Crippen molar-refractivity contribution in [1.29, 1.82) is 0 Å². The molecule has 0 atom stereocenters. The van der Waals surface area contributed by atoms with Crippen molar-refractivity contribution >= 4 is 43.2 Å². The summed E-state index contributed by atoms with van der Waals surface area (Å²) >= 11 is 0. The smallest absolute Gasteiger partial charge is 0.268 e.